The molecular weight excluding hydrogens is 262 g/mol. The molecule has 1 aromatic carbocycles. The minimum Gasteiger partial charge on any atom is -0.396 e. The summed E-state index contributed by atoms with van der Waals surface area (Å²) in [6.45, 7) is 3.97. The molecule has 2 amide bonds. The Kier molecular flexibility index (Phi) is 4.27. The predicted octanol–water partition coefficient (Wildman–Crippen LogP) is 1.66. The molecule has 1 saturated heterocycles. The van der Waals surface area contributed by atoms with E-state index >= 15 is 0 Å². The van der Waals surface area contributed by atoms with Crippen LogP contribution in [0.1, 0.15) is 17.5 Å². The zero-order valence-corrected chi connectivity index (χ0v) is 11.9. The van der Waals surface area contributed by atoms with E-state index < -0.39 is 0 Å². The van der Waals surface area contributed by atoms with Crippen molar-refractivity contribution in [3.05, 3.63) is 29.3 Å². The molecule has 1 aromatic rings. The summed E-state index contributed by atoms with van der Waals surface area (Å²) in [7, 11) is 0. The lowest BCUT2D eigenvalue weighted by Gasteiger charge is -2.16. The molecule has 0 aliphatic carbocycles. The molecule has 2 rings (SSSR count). The van der Waals surface area contributed by atoms with Crippen molar-refractivity contribution in [2.24, 2.45) is 0 Å². The van der Waals surface area contributed by atoms with Crippen LogP contribution in [0.5, 0.6) is 0 Å². The van der Waals surface area contributed by atoms with Crippen LogP contribution in [0.25, 0.3) is 0 Å². The first-order valence-corrected chi connectivity index (χ1v) is 7.26. The molecule has 4 nitrogen and oxygen atoms in total. The topological polar surface area (TPSA) is 57.6 Å². The largest absolute Gasteiger partial charge is 0.396 e. The van der Waals surface area contributed by atoms with E-state index in [-0.39, 0.29) is 30.1 Å². The van der Waals surface area contributed by atoms with Crippen molar-refractivity contribution in [2.75, 3.05) is 17.3 Å². The van der Waals surface area contributed by atoms with Crippen molar-refractivity contribution < 1.29 is 14.7 Å². The Morgan fingerprint density at radius 2 is 2.05 bits per heavy atom. The fourth-order valence-corrected chi connectivity index (χ4v) is 2.96. The van der Waals surface area contributed by atoms with Crippen LogP contribution in [0.4, 0.5) is 5.69 Å². The molecule has 1 aliphatic rings. The van der Waals surface area contributed by atoms with Crippen molar-refractivity contribution in [2.45, 2.75) is 25.5 Å². The van der Waals surface area contributed by atoms with Crippen molar-refractivity contribution >= 4 is 29.3 Å². The number of hydrogen-bond donors (Lipinski definition) is 1. The molecule has 0 aromatic heterocycles. The zero-order chi connectivity index (χ0) is 14.0. The smallest absolute Gasteiger partial charge is 0.247 e. The summed E-state index contributed by atoms with van der Waals surface area (Å²) in [6, 6.07) is 5.58. The van der Waals surface area contributed by atoms with Gasteiger partial charge in [-0.25, -0.2) is 4.90 Å². The van der Waals surface area contributed by atoms with Crippen molar-refractivity contribution in [1.29, 1.82) is 0 Å². The van der Waals surface area contributed by atoms with Crippen LogP contribution in [0.2, 0.25) is 0 Å². The Morgan fingerprint density at radius 1 is 1.32 bits per heavy atom. The van der Waals surface area contributed by atoms with Gasteiger partial charge in [-0.05, 0) is 37.1 Å². The Balaban J connectivity index is 2.22. The lowest BCUT2D eigenvalue weighted by Crippen LogP contribution is -2.31. The van der Waals surface area contributed by atoms with Crippen LogP contribution >= 0.6 is 11.8 Å². The van der Waals surface area contributed by atoms with Crippen LogP contribution in [-0.4, -0.2) is 34.5 Å². The van der Waals surface area contributed by atoms with Gasteiger partial charge in [-0.2, -0.15) is 0 Å². The lowest BCUT2D eigenvalue weighted by molar-refractivity contribution is -0.121. The maximum absolute atomic E-state index is 12.2. The average molecular weight is 279 g/mol. The van der Waals surface area contributed by atoms with Gasteiger partial charge in [0.25, 0.3) is 0 Å². The molecule has 0 bridgehead atoms. The summed E-state index contributed by atoms with van der Waals surface area (Å²) in [4.78, 5) is 25.5. The predicted molar refractivity (Wildman–Crippen MR) is 76.4 cm³/mol. The van der Waals surface area contributed by atoms with Gasteiger partial charge in [0, 0.05) is 12.2 Å². The van der Waals surface area contributed by atoms with Gasteiger partial charge in [-0.1, -0.05) is 6.07 Å². The van der Waals surface area contributed by atoms with E-state index in [1.54, 1.807) is 6.07 Å². The molecule has 102 valence electrons. The summed E-state index contributed by atoms with van der Waals surface area (Å²) in [5, 5.41) is 8.44. The molecule has 1 N–H and O–H groups in total. The third-order valence-corrected chi connectivity index (χ3v) is 4.45. The van der Waals surface area contributed by atoms with Crippen molar-refractivity contribution in [3.63, 3.8) is 0 Å². The maximum atomic E-state index is 12.2. The minimum absolute atomic E-state index is 0.0201. The monoisotopic (exact) mass is 279 g/mol. The molecule has 0 radical (unpaired) electrons. The molecule has 0 unspecified atom stereocenters. The molecular formula is C14H17NO3S. The first kappa shape index (κ1) is 14.1. The molecule has 19 heavy (non-hydrogen) atoms. The van der Waals surface area contributed by atoms with Crippen LogP contribution in [-0.2, 0) is 9.59 Å². The Labute approximate surface area is 116 Å². The molecule has 5 heteroatoms. The highest BCUT2D eigenvalue weighted by molar-refractivity contribution is 8.00. The summed E-state index contributed by atoms with van der Waals surface area (Å²) in [5.74, 6) is 0.139. The molecule has 1 aliphatic heterocycles. The van der Waals surface area contributed by atoms with Gasteiger partial charge in [0.1, 0.15) is 0 Å². The molecule has 1 heterocycles. The first-order valence-electron chi connectivity index (χ1n) is 6.21. The number of hydrogen-bond acceptors (Lipinski definition) is 4. The summed E-state index contributed by atoms with van der Waals surface area (Å²) >= 11 is 1.34. The Hall–Kier alpha value is -1.33. The zero-order valence-electron chi connectivity index (χ0n) is 11.0. The number of carbonyl (C=O) groups excluding carboxylic acids is 2. The van der Waals surface area contributed by atoms with E-state index in [4.69, 9.17) is 5.11 Å². The van der Waals surface area contributed by atoms with Crippen molar-refractivity contribution in [3.8, 4) is 0 Å². The SMILES string of the molecule is Cc1ccc(N2C(=O)C[C@@H](SCCO)C2=O)cc1C. The number of rotatable bonds is 4. The second-order valence-electron chi connectivity index (χ2n) is 4.62. The number of thioether (sulfide) groups is 1. The second-order valence-corrected chi connectivity index (χ2v) is 5.93. The van der Waals surface area contributed by atoms with E-state index in [1.807, 2.05) is 26.0 Å². The summed E-state index contributed by atoms with van der Waals surface area (Å²) in [5.41, 5.74) is 2.84. The van der Waals surface area contributed by atoms with E-state index in [1.165, 1.54) is 16.7 Å². The molecule has 0 saturated carbocycles. The number of aliphatic hydroxyl groups excluding tert-OH is 1. The quantitative estimate of drug-likeness (QED) is 0.852. The maximum Gasteiger partial charge on any atom is 0.247 e. The van der Waals surface area contributed by atoms with E-state index in [9.17, 15) is 9.59 Å². The normalized spacial score (nSPS) is 19.3. The highest BCUT2D eigenvalue weighted by Crippen LogP contribution is 2.30. The number of anilines is 1. The van der Waals surface area contributed by atoms with Gasteiger partial charge in [-0.3, -0.25) is 9.59 Å². The fourth-order valence-electron chi connectivity index (χ4n) is 2.07. The van der Waals surface area contributed by atoms with E-state index in [0.29, 0.717) is 11.4 Å². The standard InChI is InChI=1S/C14H17NO3S/c1-9-3-4-11(7-10(9)2)15-13(17)8-12(14(15)18)19-6-5-16/h3-4,7,12,16H,5-6,8H2,1-2H3/t12-/m1/s1. The van der Waals surface area contributed by atoms with Crippen LogP contribution in [0.15, 0.2) is 18.2 Å². The second kappa shape index (κ2) is 5.75. The van der Waals surface area contributed by atoms with Crippen LogP contribution in [0.3, 0.4) is 0 Å². The third kappa shape index (κ3) is 2.82. The summed E-state index contributed by atoms with van der Waals surface area (Å²) < 4.78 is 0. The van der Waals surface area contributed by atoms with Crippen LogP contribution in [0, 0.1) is 13.8 Å². The van der Waals surface area contributed by atoms with E-state index in [2.05, 4.69) is 0 Å². The number of aryl methyl sites for hydroxylation is 2. The lowest BCUT2D eigenvalue weighted by atomic mass is 10.1. The molecule has 1 fully saturated rings. The van der Waals surface area contributed by atoms with Gasteiger partial charge >= 0.3 is 0 Å². The number of imide groups is 1. The highest BCUT2D eigenvalue weighted by Gasteiger charge is 2.39. The van der Waals surface area contributed by atoms with E-state index in [0.717, 1.165) is 11.1 Å². The number of aliphatic hydroxyl groups is 1. The van der Waals surface area contributed by atoms with Gasteiger partial charge < -0.3 is 5.11 Å². The molecule has 0 spiro atoms. The highest BCUT2D eigenvalue weighted by atomic mass is 32.2. The summed E-state index contributed by atoms with van der Waals surface area (Å²) in [6.07, 6.45) is 0.219. The first-order chi connectivity index (χ1) is 9.04. The average Bonchev–Trinajstić information content (AvgIpc) is 2.65. The Bertz CT molecular complexity index is 515. The number of benzene rings is 1. The molecule has 1 atom stereocenters. The van der Waals surface area contributed by atoms with Crippen molar-refractivity contribution in [1.82, 2.24) is 0 Å². The fraction of sp³-hybridized carbons (Fsp3) is 0.429. The van der Waals surface area contributed by atoms with Gasteiger partial charge in [0.2, 0.25) is 11.8 Å². The van der Waals surface area contributed by atoms with Gasteiger partial charge in [0.15, 0.2) is 0 Å². The number of amides is 2. The van der Waals surface area contributed by atoms with Gasteiger partial charge in [0.05, 0.1) is 17.5 Å². The Morgan fingerprint density at radius 3 is 2.68 bits per heavy atom. The minimum atomic E-state index is -0.360. The number of nitrogens with zero attached hydrogens (tertiary/aromatic N) is 1. The third-order valence-electron chi connectivity index (χ3n) is 3.26. The number of carbonyl (C=O) groups is 2. The van der Waals surface area contributed by atoms with Gasteiger partial charge in [-0.15, -0.1) is 11.8 Å². The van der Waals surface area contributed by atoms with Crippen LogP contribution < -0.4 is 4.90 Å².